The highest BCUT2D eigenvalue weighted by Gasteiger charge is 2.50. The number of ketones is 1. The van der Waals surface area contributed by atoms with Crippen LogP contribution in [0.25, 0.3) is 0 Å². The maximum atomic E-state index is 15.3. The van der Waals surface area contributed by atoms with Gasteiger partial charge in [-0.15, -0.1) is 0 Å². The van der Waals surface area contributed by atoms with Crippen molar-refractivity contribution in [2.24, 2.45) is 11.8 Å². The Hall–Kier alpha value is -4.80. The fraction of sp³-hybridized carbons (Fsp3) is 0.389. The molecule has 0 unspecified atom stereocenters. The number of hydrogen-bond donors (Lipinski definition) is 3. The summed E-state index contributed by atoms with van der Waals surface area (Å²) in [5.41, 5.74) is 2.11. The van der Waals surface area contributed by atoms with Crippen molar-refractivity contribution in [1.29, 1.82) is 0 Å². The zero-order chi connectivity index (χ0) is 34.4. The number of alkyl halides is 2. The highest BCUT2D eigenvalue weighted by molar-refractivity contribution is 6.10. The van der Waals surface area contributed by atoms with Gasteiger partial charge in [-0.2, -0.15) is 8.78 Å². The third-order valence-electron chi connectivity index (χ3n) is 7.28. The van der Waals surface area contributed by atoms with Crippen molar-refractivity contribution < 1.29 is 37.4 Å². The van der Waals surface area contributed by atoms with Crippen LogP contribution in [-0.2, 0) is 38.8 Å². The van der Waals surface area contributed by atoms with Crippen LogP contribution in [0.4, 0.5) is 13.6 Å². The van der Waals surface area contributed by atoms with Gasteiger partial charge in [0.2, 0.25) is 11.7 Å². The average molecular weight is 652 g/mol. The van der Waals surface area contributed by atoms with Crippen molar-refractivity contribution in [2.45, 2.75) is 71.8 Å². The minimum absolute atomic E-state index is 0.0364. The summed E-state index contributed by atoms with van der Waals surface area (Å²) in [7, 11) is 0. The van der Waals surface area contributed by atoms with Crippen molar-refractivity contribution in [3.05, 3.63) is 102 Å². The van der Waals surface area contributed by atoms with Crippen LogP contribution in [0.2, 0.25) is 0 Å². The molecule has 0 heterocycles. The van der Waals surface area contributed by atoms with Gasteiger partial charge < -0.3 is 25.4 Å². The molecule has 11 heteroatoms. The van der Waals surface area contributed by atoms with E-state index >= 15 is 8.78 Å². The van der Waals surface area contributed by atoms with Crippen molar-refractivity contribution in [3.8, 4) is 5.75 Å². The van der Waals surface area contributed by atoms with Crippen LogP contribution in [-0.4, -0.2) is 48.2 Å². The monoisotopic (exact) mass is 651 g/mol. The lowest BCUT2D eigenvalue weighted by Crippen LogP contribution is -2.59. The maximum absolute atomic E-state index is 15.3. The summed E-state index contributed by atoms with van der Waals surface area (Å²) in [6, 6.07) is 21.8. The summed E-state index contributed by atoms with van der Waals surface area (Å²) < 4.78 is 41.6. The first-order valence-corrected chi connectivity index (χ1v) is 15.6. The SMILES string of the molecule is CC(C)CCNC(=O)C(F)(F)C(=O)[C@H](Cc1ccc(OCc2ccccc2)cc1)NC(=O)[C@@H](NC(=O)OCc1ccccc1)C(C)C. The van der Waals surface area contributed by atoms with Gasteiger partial charge in [0.05, 0.1) is 6.04 Å². The molecule has 3 amide bonds. The number of halogens is 2. The summed E-state index contributed by atoms with van der Waals surface area (Å²) in [6.45, 7) is 7.25. The Bertz CT molecular complexity index is 1450. The molecule has 252 valence electrons. The minimum Gasteiger partial charge on any atom is -0.489 e. The number of benzene rings is 3. The van der Waals surface area contributed by atoms with Crippen molar-refractivity contribution >= 4 is 23.7 Å². The molecule has 0 saturated carbocycles. The van der Waals surface area contributed by atoms with E-state index in [0.717, 1.165) is 11.1 Å². The number of ether oxygens (including phenoxy) is 2. The molecule has 3 N–H and O–H groups in total. The number of carbonyl (C=O) groups is 4. The average Bonchev–Trinajstić information content (AvgIpc) is 3.05. The normalized spacial score (nSPS) is 12.6. The Balaban J connectivity index is 1.75. The molecule has 0 aromatic heterocycles. The molecular formula is C36H43F2N3O6. The van der Waals surface area contributed by atoms with E-state index in [0.29, 0.717) is 24.3 Å². The predicted octanol–water partition coefficient (Wildman–Crippen LogP) is 5.61. The lowest BCUT2D eigenvalue weighted by atomic mass is 9.96. The topological polar surface area (TPSA) is 123 Å². The molecule has 0 saturated heterocycles. The van der Waals surface area contributed by atoms with E-state index in [1.165, 1.54) is 0 Å². The molecule has 3 aromatic rings. The van der Waals surface area contributed by atoms with Gasteiger partial charge in [0.25, 0.3) is 5.91 Å². The lowest BCUT2D eigenvalue weighted by molar-refractivity contribution is -0.160. The molecule has 0 fully saturated rings. The molecule has 2 atom stereocenters. The molecule has 0 bridgehead atoms. The van der Waals surface area contributed by atoms with Crippen LogP contribution in [0, 0.1) is 11.8 Å². The Labute approximate surface area is 274 Å². The number of nitrogens with one attached hydrogen (secondary N) is 3. The van der Waals surface area contributed by atoms with E-state index < -0.39 is 47.6 Å². The van der Waals surface area contributed by atoms with E-state index in [-0.39, 0.29) is 25.5 Å². The van der Waals surface area contributed by atoms with Gasteiger partial charge in [0.1, 0.15) is 25.0 Å². The second-order valence-corrected chi connectivity index (χ2v) is 12.0. The molecule has 0 aliphatic rings. The number of Topliss-reactive ketones (excluding diaryl/α,β-unsaturated/α-hetero) is 1. The van der Waals surface area contributed by atoms with Crippen molar-refractivity contribution in [1.82, 2.24) is 16.0 Å². The zero-order valence-corrected chi connectivity index (χ0v) is 27.1. The molecule has 0 aliphatic heterocycles. The Kier molecular flexibility index (Phi) is 13.9. The number of alkyl carbamates (subject to hydrolysis) is 1. The highest BCUT2D eigenvalue weighted by Crippen LogP contribution is 2.22. The summed E-state index contributed by atoms with van der Waals surface area (Å²) in [5, 5.41) is 6.96. The first-order valence-electron chi connectivity index (χ1n) is 15.6. The van der Waals surface area contributed by atoms with Crippen LogP contribution in [0.3, 0.4) is 0 Å². The second-order valence-electron chi connectivity index (χ2n) is 12.0. The minimum atomic E-state index is -4.43. The summed E-state index contributed by atoms with van der Waals surface area (Å²) in [5.74, 6) is -8.67. The lowest BCUT2D eigenvalue weighted by Gasteiger charge is -2.27. The molecule has 3 rings (SSSR count). The summed E-state index contributed by atoms with van der Waals surface area (Å²) in [6.07, 6.45) is -0.801. The Morgan fingerprint density at radius 3 is 1.87 bits per heavy atom. The van der Waals surface area contributed by atoms with Gasteiger partial charge in [-0.3, -0.25) is 14.4 Å². The fourth-order valence-corrected chi connectivity index (χ4v) is 4.51. The van der Waals surface area contributed by atoms with Gasteiger partial charge in [0.15, 0.2) is 0 Å². The number of amides is 3. The molecule has 3 aromatic carbocycles. The van der Waals surface area contributed by atoms with Gasteiger partial charge in [-0.25, -0.2) is 4.79 Å². The van der Waals surface area contributed by atoms with E-state index in [1.807, 2.05) is 50.2 Å². The molecular weight excluding hydrogens is 608 g/mol. The van der Waals surface area contributed by atoms with Gasteiger partial charge in [0, 0.05) is 13.0 Å². The Morgan fingerprint density at radius 2 is 1.32 bits per heavy atom. The first kappa shape index (κ1) is 36.7. The molecule has 0 radical (unpaired) electrons. The second kappa shape index (κ2) is 17.8. The fourth-order valence-electron chi connectivity index (χ4n) is 4.51. The molecule has 47 heavy (non-hydrogen) atoms. The van der Waals surface area contributed by atoms with Crippen LogP contribution in [0.5, 0.6) is 5.75 Å². The van der Waals surface area contributed by atoms with Gasteiger partial charge in [-0.05, 0) is 47.1 Å². The first-order chi connectivity index (χ1) is 22.4. The number of hydrogen-bond acceptors (Lipinski definition) is 6. The van der Waals surface area contributed by atoms with Gasteiger partial charge >= 0.3 is 12.0 Å². The van der Waals surface area contributed by atoms with Crippen molar-refractivity contribution in [2.75, 3.05) is 6.54 Å². The third-order valence-corrected chi connectivity index (χ3v) is 7.28. The summed E-state index contributed by atoms with van der Waals surface area (Å²) >= 11 is 0. The third kappa shape index (κ3) is 11.8. The number of rotatable bonds is 17. The molecule has 9 nitrogen and oxygen atoms in total. The predicted molar refractivity (Wildman–Crippen MR) is 174 cm³/mol. The van der Waals surface area contributed by atoms with E-state index in [9.17, 15) is 19.2 Å². The zero-order valence-electron chi connectivity index (χ0n) is 27.1. The quantitative estimate of drug-likeness (QED) is 0.163. The van der Waals surface area contributed by atoms with Crippen LogP contribution in [0.15, 0.2) is 84.9 Å². The van der Waals surface area contributed by atoms with E-state index in [4.69, 9.17) is 9.47 Å². The largest absolute Gasteiger partial charge is 0.489 e. The van der Waals surface area contributed by atoms with E-state index in [1.54, 1.807) is 62.4 Å². The Morgan fingerprint density at radius 1 is 0.745 bits per heavy atom. The highest BCUT2D eigenvalue weighted by atomic mass is 19.3. The molecule has 0 spiro atoms. The van der Waals surface area contributed by atoms with Gasteiger partial charge in [-0.1, -0.05) is 100 Å². The van der Waals surface area contributed by atoms with Crippen LogP contribution in [0.1, 0.15) is 50.8 Å². The standard InChI is InChI=1S/C36H43F2N3O6/c1-24(2)19-20-39-34(44)36(37,38)32(42)30(21-26-15-17-29(18-16-26)46-22-27-11-7-5-8-12-27)40-33(43)31(25(3)4)41-35(45)47-23-28-13-9-6-10-14-28/h5-18,24-25,30-31H,19-23H2,1-4H3,(H,39,44)(H,40,43)(H,41,45)/t30-,31-/m0/s1. The van der Waals surface area contributed by atoms with E-state index in [2.05, 4.69) is 16.0 Å². The van der Waals surface area contributed by atoms with Crippen molar-refractivity contribution in [3.63, 3.8) is 0 Å². The summed E-state index contributed by atoms with van der Waals surface area (Å²) in [4.78, 5) is 51.7. The number of carbonyl (C=O) groups excluding carboxylic acids is 4. The maximum Gasteiger partial charge on any atom is 0.408 e. The smallest absolute Gasteiger partial charge is 0.408 e. The van der Waals surface area contributed by atoms with Crippen LogP contribution >= 0.6 is 0 Å². The molecule has 0 aliphatic carbocycles. The van der Waals surface area contributed by atoms with Crippen LogP contribution < -0.4 is 20.7 Å².